The van der Waals surface area contributed by atoms with Crippen LogP contribution in [0.15, 0.2) is 48.5 Å². The first-order chi connectivity index (χ1) is 17.0. The number of nitrogens with zero attached hydrogens (tertiary/aromatic N) is 1. The van der Waals surface area contributed by atoms with E-state index in [0.29, 0.717) is 26.0 Å². The van der Waals surface area contributed by atoms with E-state index in [2.05, 4.69) is 29.6 Å². The number of piperidine rings is 1. The monoisotopic (exact) mass is 478 g/mol. The maximum absolute atomic E-state index is 13.6. The molecule has 2 unspecified atom stereocenters. The number of carbonyl (C=O) groups excluding carboxylic acids is 2. The number of hydrogen-bond donors (Lipinski definition) is 2. The van der Waals surface area contributed by atoms with Crippen molar-refractivity contribution in [2.45, 2.75) is 49.6 Å². The van der Waals surface area contributed by atoms with Crippen molar-refractivity contribution >= 4 is 18.0 Å². The Balaban J connectivity index is 1.29. The Morgan fingerprint density at radius 1 is 1.06 bits per heavy atom. The van der Waals surface area contributed by atoms with Crippen molar-refractivity contribution in [1.82, 2.24) is 10.2 Å². The zero-order valence-electron chi connectivity index (χ0n) is 19.6. The van der Waals surface area contributed by atoms with Crippen LogP contribution in [0.25, 0.3) is 11.1 Å². The van der Waals surface area contributed by atoms with Gasteiger partial charge in [0.05, 0.1) is 13.0 Å². The molecule has 184 valence electrons. The van der Waals surface area contributed by atoms with Crippen molar-refractivity contribution < 1.29 is 29.0 Å². The largest absolute Gasteiger partial charge is 0.481 e. The normalized spacial score (nSPS) is 23.4. The second-order valence-electron chi connectivity index (χ2n) is 9.58. The van der Waals surface area contributed by atoms with Crippen molar-refractivity contribution in [2.75, 3.05) is 26.4 Å². The van der Waals surface area contributed by atoms with Crippen molar-refractivity contribution in [3.05, 3.63) is 59.7 Å². The molecule has 1 aliphatic carbocycles. The molecule has 8 nitrogen and oxygen atoms in total. The number of rotatable bonds is 6. The summed E-state index contributed by atoms with van der Waals surface area (Å²) in [5, 5.41) is 12.1. The molecule has 2 aromatic carbocycles. The van der Waals surface area contributed by atoms with Gasteiger partial charge in [-0.2, -0.15) is 0 Å². The minimum absolute atomic E-state index is 0.0479. The molecule has 5 rings (SSSR count). The third-order valence-corrected chi connectivity index (χ3v) is 7.41. The number of ether oxygens (including phenoxy) is 2. The summed E-state index contributed by atoms with van der Waals surface area (Å²) in [4.78, 5) is 39.6. The fourth-order valence-corrected chi connectivity index (χ4v) is 5.67. The number of aliphatic carboxylic acids is 1. The fourth-order valence-electron chi connectivity index (χ4n) is 5.67. The Morgan fingerprint density at radius 3 is 2.37 bits per heavy atom. The van der Waals surface area contributed by atoms with E-state index in [4.69, 9.17) is 9.47 Å². The number of alkyl carbamates (subject to hydrolysis) is 1. The molecule has 2 aliphatic heterocycles. The molecule has 0 radical (unpaired) electrons. The number of carboxylic acids is 1. The summed E-state index contributed by atoms with van der Waals surface area (Å²) in [6, 6.07) is 15.8. The van der Waals surface area contributed by atoms with Gasteiger partial charge in [0.2, 0.25) is 0 Å². The Bertz CT molecular complexity index is 1080. The van der Waals surface area contributed by atoms with E-state index in [1.165, 1.54) is 0 Å². The third kappa shape index (κ3) is 4.50. The molecule has 2 heterocycles. The van der Waals surface area contributed by atoms with E-state index < -0.39 is 17.6 Å². The average Bonchev–Trinajstić information content (AvgIpc) is 3.46. The van der Waals surface area contributed by atoms with E-state index in [1.807, 2.05) is 24.3 Å². The smallest absolute Gasteiger partial charge is 0.408 e. The summed E-state index contributed by atoms with van der Waals surface area (Å²) >= 11 is 0. The third-order valence-electron chi connectivity index (χ3n) is 7.41. The average molecular weight is 479 g/mol. The van der Waals surface area contributed by atoms with Crippen LogP contribution in [0.4, 0.5) is 4.79 Å². The zero-order valence-corrected chi connectivity index (χ0v) is 19.6. The van der Waals surface area contributed by atoms with Gasteiger partial charge < -0.3 is 24.8 Å². The second kappa shape index (κ2) is 9.70. The molecule has 8 heteroatoms. The van der Waals surface area contributed by atoms with Gasteiger partial charge in [-0.1, -0.05) is 48.5 Å². The molecule has 2 saturated heterocycles. The molecule has 3 aliphatic rings. The lowest BCUT2D eigenvalue weighted by atomic mass is 9.92. The molecule has 2 amide bonds. The van der Waals surface area contributed by atoms with Crippen molar-refractivity contribution in [3.8, 4) is 11.1 Å². The van der Waals surface area contributed by atoms with Crippen LogP contribution in [0.5, 0.6) is 0 Å². The van der Waals surface area contributed by atoms with E-state index in [0.717, 1.165) is 35.1 Å². The highest BCUT2D eigenvalue weighted by molar-refractivity contribution is 5.91. The number of likely N-dealkylation sites (tertiary alicyclic amines) is 1. The van der Waals surface area contributed by atoms with Gasteiger partial charge in [-0.25, -0.2) is 4.79 Å². The van der Waals surface area contributed by atoms with Crippen molar-refractivity contribution in [2.24, 2.45) is 0 Å². The molecule has 0 aromatic heterocycles. The minimum atomic E-state index is -1.24. The van der Waals surface area contributed by atoms with Gasteiger partial charge in [-0.3, -0.25) is 9.59 Å². The molecule has 2 atom stereocenters. The second-order valence-corrected chi connectivity index (χ2v) is 9.58. The first-order valence-corrected chi connectivity index (χ1v) is 12.2. The Kier molecular flexibility index (Phi) is 6.47. The highest BCUT2D eigenvalue weighted by Gasteiger charge is 2.48. The summed E-state index contributed by atoms with van der Waals surface area (Å²) < 4.78 is 11.2. The van der Waals surface area contributed by atoms with Crippen LogP contribution in [0.3, 0.4) is 0 Å². The topological polar surface area (TPSA) is 105 Å². The minimum Gasteiger partial charge on any atom is -0.481 e. The summed E-state index contributed by atoms with van der Waals surface area (Å²) in [6.07, 6.45) is 1.88. The summed E-state index contributed by atoms with van der Waals surface area (Å²) in [7, 11) is 0. The highest BCUT2D eigenvalue weighted by Crippen LogP contribution is 2.44. The highest BCUT2D eigenvalue weighted by atomic mass is 16.6. The van der Waals surface area contributed by atoms with Crippen LogP contribution >= 0.6 is 0 Å². The van der Waals surface area contributed by atoms with E-state index in [9.17, 15) is 19.5 Å². The number of amides is 2. The van der Waals surface area contributed by atoms with E-state index in [1.54, 1.807) is 4.90 Å². The van der Waals surface area contributed by atoms with Gasteiger partial charge in [-0.15, -0.1) is 0 Å². The van der Waals surface area contributed by atoms with Crippen LogP contribution in [-0.4, -0.2) is 65.9 Å². The maximum atomic E-state index is 13.6. The molecule has 0 bridgehead atoms. The van der Waals surface area contributed by atoms with Crippen LogP contribution in [0.2, 0.25) is 0 Å². The molecule has 2 fully saturated rings. The predicted octanol–water partition coefficient (Wildman–Crippen LogP) is 3.54. The number of nitrogens with one attached hydrogen (secondary N) is 1. The van der Waals surface area contributed by atoms with Crippen LogP contribution < -0.4 is 5.32 Å². The molecular weight excluding hydrogens is 448 g/mol. The van der Waals surface area contributed by atoms with Crippen molar-refractivity contribution in [3.63, 3.8) is 0 Å². The SMILES string of the molecule is O=C(O)CC1CCCCN1C(=O)C1(NC(=O)OCC2c3ccccc3-c3ccccc32)CCOC1. The Morgan fingerprint density at radius 2 is 1.74 bits per heavy atom. The number of carbonyl (C=O) groups is 3. The quantitative estimate of drug-likeness (QED) is 0.658. The Hall–Kier alpha value is -3.39. The predicted molar refractivity (Wildman–Crippen MR) is 128 cm³/mol. The number of benzene rings is 2. The molecule has 2 N–H and O–H groups in total. The number of carboxylic acid groups (broad SMARTS) is 1. The van der Waals surface area contributed by atoms with Gasteiger partial charge >= 0.3 is 12.1 Å². The number of fused-ring (bicyclic) bond motifs is 3. The fraction of sp³-hybridized carbons (Fsp3) is 0.444. The van der Waals surface area contributed by atoms with Crippen molar-refractivity contribution in [1.29, 1.82) is 0 Å². The first-order valence-electron chi connectivity index (χ1n) is 12.2. The number of hydrogen-bond acceptors (Lipinski definition) is 5. The molecule has 35 heavy (non-hydrogen) atoms. The lowest BCUT2D eigenvalue weighted by Crippen LogP contribution is -2.63. The van der Waals surface area contributed by atoms with Crippen LogP contribution in [-0.2, 0) is 19.1 Å². The first kappa shape index (κ1) is 23.4. The van der Waals surface area contributed by atoms with Crippen LogP contribution in [0, 0.1) is 0 Å². The summed E-state index contributed by atoms with van der Waals surface area (Å²) in [5.74, 6) is -1.30. The van der Waals surface area contributed by atoms with E-state index >= 15 is 0 Å². The van der Waals surface area contributed by atoms with E-state index in [-0.39, 0.29) is 37.5 Å². The molecule has 2 aromatic rings. The van der Waals surface area contributed by atoms with Crippen LogP contribution in [0.1, 0.15) is 49.1 Å². The molecular formula is C27H30N2O6. The summed E-state index contributed by atoms with van der Waals surface area (Å²) in [5.41, 5.74) is 3.27. The van der Waals surface area contributed by atoms with Gasteiger partial charge in [0, 0.05) is 31.5 Å². The zero-order chi connectivity index (χ0) is 24.4. The Labute approximate surface area is 204 Å². The lowest BCUT2D eigenvalue weighted by Gasteiger charge is -2.40. The maximum Gasteiger partial charge on any atom is 0.408 e. The lowest BCUT2D eigenvalue weighted by molar-refractivity contribution is -0.145. The van der Waals surface area contributed by atoms with Gasteiger partial charge in [0.25, 0.3) is 5.91 Å². The van der Waals surface area contributed by atoms with Gasteiger partial charge in [0.15, 0.2) is 0 Å². The summed E-state index contributed by atoms with van der Waals surface area (Å²) in [6.45, 7) is 1.01. The molecule has 0 saturated carbocycles. The molecule has 0 spiro atoms. The van der Waals surface area contributed by atoms with Gasteiger partial charge in [0.1, 0.15) is 12.1 Å². The standard InChI is InChI=1S/C27H30N2O6/c30-24(31)15-18-7-5-6-13-29(18)25(32)27(12-14-34-17-27)28-26(33)35-16-23-21-10-3-1-8-19(21)20-9-2-4-11-22(20)23/h1-4,8-11,18,23H,5-7,12-17H2,(H,28,33)(H,30,31). The van der Waals surface area contributed by atoms with Gasteiger partial charge in [-0.05, 0) is 41.5 Å².